The van der Waals surface area contributed by atoms with Crippen molar-refractivity contribution in [1.29, 1.82) is 0 Å². The number of allylic oxidation sites excluding steroid dienone is 1. The van der Waals surface area contributed by atoms with E-state index in [-0.39, 0.29) is 0 Å². The lowest BCUT2D eigenvalue weighted by molar-refractivity contribution is 0.403. The molecular formula is C9H18N2. The summed E-state index contributed by atoms with van der Waals surface area (Å²) in [4.78, 5) is 6.27. The first kappa shape index (κ1) is 10.4. The van der Waals surface area contributed by atoms with E-state index in [9.17, 15) is 0 Å². The Bertz CT molecular complexity index is 132. The summed E-state index contributed by atoms with van der Waals surface area (Å²) in [6.45, 7) is 4.09. The predicted molar refractivity (Wildman–Crippen MR) is 50.3 cm³/mol. The molecule has 0 atom stereocenters. The second kappa shape index (κ2) is 7.52. The molecule has 0 aromatic carbocycles. The van der Waals surface area contributed by atoms with Crippen molar-refractivity contribution in [3.63, 3.8) is 0 Å². The minimum absolute atomic E-state index is 0.898. The molecule has 0 aliphatic carbocycles. The van der Waals surface area contributed by atoms with Crippen molar-refractivity contribution in [3.05, 3.63) is 6.08 Å². The zero-order valence-electron chi connectivity index (χ0n) is 7.80. The average molecular weight is 154 g/mol. The van der Waals surface area contributed by atoms with Crippen molar-refractivity contribution < 1.29 is 0 Å². The Labute approximate surface area is 69.6 Å². The standard InChI is InChI=1S/C9H18N2/c1-4-5-7-10-8-6-9-11(2)3/h5H,4,6,8-9H2,1-3H3. The van der Waals surface area contributed by atoms with Crippen LogP contribution in [0.3, 0.4) is 0 Å². The van der Waals surface area contributed by atoms with Crippen LogP contribution in [-0.2, 0) is 0 Å². The molecule has 0 amide bonds. The maximum absolute atomic E-state index is 4.10. The molecule has 0 heterocycles. The molecule has 0 aliphatic rings. The Balaban J connectivity index is 3.20. The van der Waals surface area contributed by atoms with E-state index in [2.05, 4.69) is 36.8 Å². The summed E-state index contributed by atoms with van der Waals surface area (Å²) in [7, 11) is 4.15. The second-order valence-corrected chi connectivity index (χ2v) is 2.78. The van der Waals surface area contributed by atoms with Gasteiger partial charge in [0, 0.05) is 6.54 Å². The van der Waals surface area contributed by atoms with Crippen LogP contribution in [0, 0.1) is 0 Å². The van der Waals surface area contributed by atoms with Gasteiger partial charge in [0.2, 0.25) is 0 Å². The van der Waals surface area contributed by atoms with Gasteiger partial charge in [0.05, 0.1) is 0 Å². The van der Waals surface area contributed by atoms with E-state index in [1.807, 2.05) is 6.08 Å². The molecule has 0 aromatic heterocycles. The fourth-order valence-electron chi connectivity index (χ4n) is 0.686. The van der Waals surface area contributed by atoms with Crippen molar-refractivity contribution in [2.45, 2.75) is 19.8 Å². The van der Waals surface area contributed by atoms with Crippen LogP contribution < -0.4 is 0 Å². The van der Waals surface area contributed by atoms with Gasteiger partial charge < -0.3 is 4.90 Å². The van der Waals surface area contributed by atoms with Crippen LogP contribution >= 0.6 is 0 Å². The van der Waals surface area contributed by atoms with Crippen LogP contribution in [0.15, 0.2) is 11.1 Å². The zero-order valence-corrected chi connectivity index (χ0v) is 7.80. The minimum Gasteiger partial charge on any atom is -0.309 e. The van der Waals surface area contributed by atoms with Crippen LogP contribution in [0.25, 0.3) is 0 Å². The van der Waals surface area contributed by atoms with E-state index in [4.69, 9.17) is 0 Å². The lowest BCUT2D eigenvalue weighted by Crippen LogP contribution is -2.13. The SMILES string of the molecule is CCC=C=NCCCN(C)C. The highest BCUT2D eigenvalue weighted by atomic mass is 15.0. The van der Waals surface area contributed by atoms with Crippen LogP contribution in [0.5, 0.6) is 0 Å². The molecule has 0 aromatic rings. The maximum Gasteiger partial charge on any atom is 0.0496 e. The topological polar surface area (TPSA) is 15.6 Å². The summed E-state index contributed by atoms with van der Waals surface area (Å²) in [6, 6.07) is 0. The van der Waals surface area contributed by atoms with E-state index in [0.29, 0.717) is 0 Å². The van der Waals surface area contributed by atoms with Crippen molar-refractivity contribution in [3.8, 4) is 0 Å². The lowest BCUT2D eigenvalue weighted by Gasteiger charge is -2.05. The van der Waals surface area contributed by atoms with Gasteiger partial charge in [-0.2, -0.15) is 0 Å². The van der Waals surface area contributed by atoms with Crippen LogP contribution in [0.4, 0.5) is 0 Å². The van der Waals surface area contributed by atoms with Gasteiger partial charge in [0.15, 0.2) is 0 Å². The first-order valence-corrected chi connectivity index (χ1v) is 4.15. The predicted octanol–water partition coefficient (Wildman–Crippen LogP) is 1.57. The Hall–Kier alpha value is -0.590. The fourth-order valence-corrected chi connectivity index (χ4v) is 0.686. The summed E-state index contributed by atoms with van der Waals surface area (Å²) in [5, 5.41) is 0. The van der Waals surface area contributed by atoms with Gasteiger partial charge in [-0.3, -0.25) is 0 Å². The van der Waals surface area contributed by atoms with Gasteiger partial charge in [-0.1, -0.05) is 6.92 Å². The van der Waals surface area contributed by atoms with E-state index in [0.717, 1.165) is 25.9 Å². The highest BCUT2D eigenvalue weighted by Gasteiger charge is 1.86. The molecule has 0 fully saturated rings. The molecule has 0 unspecified atom stereocenters. The van der Waals surface area contributed by atoms with E-state index in [1.165, 1.54) is 0 Å². The van der Waals surface area contributed by atoms with Gasteiger partial charge in [-0.15, -0.1) is 0 Å². The Morgan fingerprint density at radius 3 is 2.73 bits per heavy atom. The van der Waals surface area contributed by atoms with Crippen molar-refractivity contribution in [2.24, 2.45) is 4.99 Å². The molecule has 0 saturated heterocycles. The average Bonchev–Trinajstić information content (AvgIpc) is 1.96. The molecule has 0 saturated carbocycles. The molecule has 0 bridgehead atoms. The van der Waals surface area contributed by atoms with Gasteiger partial charge in [-0.05, 0) is 45.4 Å². The molecule has 0 N–H and O–H groups in total. The Kier molecular flexibility index (Phi) is 7.11. The lowest BCUT2D eigenvalue weighted by atomic mass is 10.4. The molecule has 0 rings (SSSR count). The molecule has 11 heavy (non-hydrogen) atoms. The van der Waals surface area contributed by atoms with Gasteiger partial charge in [0.25, 0.3) is 0 Å². The Morgan fingerprint density at radius 2 is 2.18 bits per heavy atom. The number of nitrogens with zero attached hydrogens (tertiary/aromatic N) is 2. The highest BCUT2D eigenvalue weighted by Crippen LogP contribution is 1.82. The molecule has 64 valence electrons. The van der Waals surface area contributed by atoms with Crippen LogP contribution in [0.1, 0.15) is 19.8 Å². The first-order chi connectivity index (χ1) is 5.27. The third-order valence-electron chi connectivity index (χ3n) is 1.26. The molecular weight excluding hydrogens is 136 g/mol. The monoisotopic (exact) mass is 154 g/mol. The van der Waals surface area contributed by atoms with Crippen molar-refractivity contribution in [2.75, 3.05) is 27.2 Å². The fraction of sp³-hybridized carbons (Fsp3) is 0.778. The van der Waals surface area contributed by atoms with Gasteiger partial charge in [0.1, 0.15) is 0 Å². The number of hydrogen-bond donors (Lipinski definition) is 0. The van der Waals surface area contributed by atoms with Gasteiger partial charge in [-0.25, -0.2) is 4.99 Å². The number of rotatable bonds is 5. The third-order valence-corrected chi connectivity index (χ3v) is 1.26. The summed E-state index contributed by atoms with van der Waals surface area (Å²) >= 11 is 0. The second-order valence-electron chi connectivity index (χ2n) is 2.78. The molecule has 2 heteroatoms. The van der Waals surface area contributed by atoms with Crippen molar-refractivity contribution in [1.82, 2.24) is 4.90 Å². The van der Waals surface area contributed by atoms with E-state index < -0.39 is 0 Å². The minimum atomic E-state index is 0.898. The van der Waals surface area contributed by atoms with E-state index >= 15 is 0 Å². The maximum atomic E-state index is 4.10. The van der Waals surface area contributed by atoms with Crippen LogP contribution in [0.2, 0.25) is 0 Å². The smallest absolute Gasteiger partial charge is 0.0496 e. The first-order valence-electron chi connectivity index (χ1n) is 4.15. The zero-order chi connectivity index (χ0) is 8.53. The van der Waals surface area contributed by atoms with Crippen molar-refractivity contribution >= 4 is 5.87 Å². The summed E-state index contributed by atoms with van der Waals surface area (Å²) < 4.78 is 0. The largest absolute Gasteiger partial charge is 0.309 e. The molecule has 0 radical (unpaired) electrons. The summed E-state index contributed by atoms with van der Waals surface area (Å²) in [5.74, 6) is 2.89. The highest BCUT2D eigenvalue weighted by molar-refractivity contribution is 5.51. The quantitative estimate of drug-likeness (QED) is 0.433. The molecule has 2 nitrogen and oxygen atoms in total. The molecule has 0 spiro atoms. The van der Waals surface area contributed by atoms with E-state index in [1.54, 1.807) is 0 Å². The summed E-state index contributed by atoms with van der Waals surface area (Å²) in [5.41, 5.74) is 0. The number of aliphatic imine (C=N–C) groups is 1. The van der Waals surface area contributed by atoms with Crippen LogP contribution in [-0.4, -0.2) is 38.0 Å². The normalized spacial score (nSPS) is 9.45. The summed E-state index contributed by atoms with van der Waals surface area (Å²) in [6.07, 6.45) is 4.10. The Morgan fingerprint density at radius 1 is 1.45 bits per heavy atom. The molecule has 0 aliphatic heterocycles. The third kappa shape index (κ3) is 9.41. The number of hydrogen-bond acceptors (Lipinski definition) is 2. The van der Waals surface area contributed by atoms with Gasteiger partial charge >= 0.3 is 0 Å².